The van der Waals surface area contributed by atoms with Crippen molar-refractivity contribution in [3.8, 4) is 0 Å². The molecule has 0 bridgehead atoms. The largest absolute Gasteiger partial charge is 0.338 e. The Morgan fingerprint density at radius 1 is 1.18 bits per heavy atom. The van der Waals surface area contributed by atoms with Gasteiger partial charge in [-0.1, -0.05) is 48.9 Å². The molecule has 9 nitrogen and oxygen atoms in total. The number of thiazole rings is 1. The number of carbonyl (C=O) groups is 1. The van der Waals surface area contributed by atoms with Crippen molar-refractivity contribution in [3.05, 3.63) is 45.7 Å². The van der Waals surface area contributed by atoms with Gasteiger partial charge in [-0.2, -0.15) is 15.0 Å². The fourth-order valence-electron chi connectivity index (χ4n) is 3.57. The molecule has 0 unspecified atom stereocenters. The van der Waals surface area contributed by atoms with E-state index in [2.05, 4.69) is 56.3 Å². The van der Waals surface area contributed by atoms with Gasteiger partial charge >= 0.3 is 0 Å². The normalized spacial score (nSPS) is 14.5. The maximum atomic E-state index is 12.8. The first kappa shape index (κ1) is 24.3. The highest BCUT2D eigenvalue weighted by molar-refractivity contribution is 7.17. The van der Waals surface area contributed by atoms with Crippen molar-refractivity contribution >= 4 is 51.6 Å². The zero-order valence-corrected chi connectivity index (χ0v) is 21.4. The molecule has 1 aliphatic heterocycles. The molecule has 1 fully saturated rings. The van der Waals surface area contributed by atoms with Gasteiger partial charge in [0.1, 0.15) is 10.7 Å². The van der Waals surface area contributed by atoms with Crippen molar-refractivity contribution < 1.29 is 4.79 Å². The van der Waals surface area contributed by atoms with Crippen LogP contribution in [0.4, 0.5) is 22.7 Å². The molecule has 1 aliphatic rings. The van der Waals surface area contributed by atoms with Crippen LogP contribution in [0.3, 0.4) is 0 Å². The molecule has 1 aromatic carbocycles. The van der Waals surface area contributed by atoms with E-state index in [-0.39, 0.29) is 5.91 Å². The Labute approximate surface area is 208 Å². The van der Waals surface area contributed by atoms with Crippen molar-refractivity contribution in [2.75, 3.05) is 48.8 Å². The molecule has 2 N–H and O–H groups in total. The number of nitrogens with zero attached hydrogens (tertiary/aromatic N) is 6. The third-order valence-electron chi connectivity index (χ3n) is 5.46. The van der Waals surface area contributed by atoms with Crippen LogP contribution in [0.5, 0.6) is 0 Å². The monoisotopic (exact) mass is 500 g/mol. The Morgan fingerprint density at radius 3 is 2.65 bits per heavy atom. The number of amides is 1. The number of likely N-dealkylation sites (N-methyl/N-ethyl adjacent to an activating group) is 1. The number of aromatic nitrogens is 4. The number of halogens is 1. The summed E-state index contributed by atoms with van der Waals surface area (Å²) in [6.45, 7) is 9.83. The van der Waals surface area contributed by atoms with Gasteiger partial charge in [-0.3, -0.25) is 10.1 Å². The van der Waals surface area contributed by atoms with Crippen LogP contribution in [0.1, 0.15) is 34.9 Å². The van der Waals surface area contributed by atoms with Crippen molar-refractivity contribution in [1.29, 1.82) is 0 Å². The Kier molecular flexibility index (Phi) is 7.60. The first-order valence-corrected chi connectivity index (χ1v) is 12.5. The summed E-state index contributed by atoms with van der Waals surface area (Å²) in [4.78, 5) is 36.0. The summed E-state index contributed by atoms with van der Waals surface area (Å²) in [5.74, 6) is 1.99. The SMILES string of the molecule is Cc1cccc(Cl)c1NC(=O)c1cnc(Nc2nc(CC(C)C)nc(N3CCN(C)CC3)n2)s1. The molecule has 4 rings (SSSR count). The minimum Gasteiger partial charge on any atom is -0.338 e. The quantitative estimate of drug-likeness (QED) is 0.497. The van der Waals surface area contributed by atoms with Gasteiger partial charge in [-0.15, -0.1) is 0 Å². The van der Waals surface area contributed by atoms with Crippen molar-refractivity contribution in [2.45, 2.75) is 27.2 Å². The third-order valence-corrected chi connectivity index (χ3v) is 6.68. The van der Waals surface area contributed by atoms with Crippen LogP contribution in [0, 0.1) is 12.8 Å². The summed E-state index contributed by atoms with van der Waals surface area (Å²) < 4.78 is 0. The lowest BCUT2D eigenvalue weighted by molar-refractivity contribution is 0.103. The zero-order chi connectivity index (χ0) is 24.2. The molecule has 180 valence electrons. The topological polar surface area (TPSA) is 99.2 Å². The van der Waals surface area contributed by atoms with Gasteiger partial charge in [0.05, 0.1) is 16.9 Å². The molecule has 0 aliphatic carbocycles. The molecule has 0 saturated carbocycles. The maximum Gasteiger partial charge on any atom is 0.267 e. The molecule has 1 saturated heterocycles. The van der Waals surface area contributed by atoms with E-state index < -0.39 is 0 Å². The molecule has 1 amide bonds. The molecule has 3 aromatic rings. The number of aryl methyl sites for hydroxylation is 1. The smallest absolute Gasteiger partial charge is 0.267 e. The number of anilines is 4. The maximum absolute atomic E-state index is 12.8. The van der Waals surface area contributed by atoms with Crippen LogP contribution in [-0.4, -0.2) is 64.0 Å². The summed E-state index contributed by atoms with van der Waals surface area (Å²) in [5, 5.41) is 7.08. The summed E-state index contributed by atoms with van der Waals surface area (Å²) in [7, 11) is 2.12. The highest BCUT2D eigenvalue weighted by Crippen LogP contribution is 2.28. The first-order valence-electron chi connectivity index (χ1n) is 11.3. The molecule has 11 heteroatoms. The van der Waals surface area contributed by atoms with Gasteiger partial charge in [-0.05, 0) is 31.5 Å². The van der Waals surface area contributed by atoms with E-state index >= 15 is 0 Å². The molecule has 2 aromatic heterocycles. The Hall–Kier alpha value is -2.82. The van der Waals surface area contributed by atoms with Gasteiger partial charge in [0.15, 0.2) is 5.13 Å². The lowest BCUT2D eigenvalue weighted by atomic mass is 10.1. The van der Waals surface area contributed by atoms with E-state index in [1.807, 2.05) is 19.1 Å². The van der Waals surface area contributed by atoms with Gasteiger partial charge in [0.25, 0.3) is 5.91 Å². The Bertz CT molecular complexity index is 1140. The van der Waals surface area contributed by atoms with E-state index in [0.717, 1.165) is 44.0 Å². The average molecular weight is 501 g/mol. The zero-order valence-electron chi connectivity index (χ0n) is 19.8. The molecule has 34 heavy (non-hydrogen) atoms. The third kappa shape index (κ3) is 5.99. The highest BCUT2D eigenvalue weighted by Gasteiger charge is 2.20. The first-order chi connectivity index (χ1) is 16.3. The number of rotatable bonds is 7. The van der Waals surface area contributed by atoms with Crippen molar-refractivity contribution in [2.24, 2.45) is 5.92 Å². The second kappa shape index (κ2) is 10.6. The second-order valence-corrected chi connectivity index (χ2v) is 10.2. The summed E-state index contributed by atoms with van der Waals surface area (Å²) in [6, 6.07) is 5.49. The van der Waals surface area contributed by atoms with E-state index in [9.17, 15) is 4.79 Å². The average Bonchev–Trinajstić information content (AvgIpc) is 3.25. The molecule has 0 atom stereocenters. The second-order valence-electron chi connectivity index (χ2n) is 8.80. The number of hydrogen-bond donors (Lipinski definition) is 2. The van der Waals surface area contributed by atoms with Crippen LogP contribution in [-0.2, 0) is 6.42 Å². The van der Waals surface area contributed by atoms with Crippen LogP contribution in [0.15, 0.2) is 24.4 Å². The van der Waals surface area contributed by atoms with Crippen LogP contribution in [0.2, 0.25) is 5.02 Å². The lowest BCUT2D eigenvalue weighted by Crippen LogP contribution is -2.45. The number of carbonyl (C=O) groups excluding carboxylic acids is 1. The minimum atomic E-state index is -0.268. The number of hydrogen-bond acceptors (Lipinski definition) is 9. The minimum absolute atomic E-state index is 0.268. The number of benzene rings is 1. The van der Waals surface area contributed by atoms with Crippen LogP contribution >= 0.6 is 22.9 Å². The summed E-state index contributed by atoms with van der Waals surface area (Å²) in [6.07, 6.45) is 2.28. The fraction of sp³-hybridized carbons (Fsp3) is 0.435. The standard InChI is InChI=1S/C23H29ClN8OS/c1-14(2)12-18-26-21(29-22(27-18)32-10-8-31(4)9-11-32)30-23-25-13-17(34-23)20(33)28-19-15(3)6-5-7-16(19)24/h5-7,13-14H,8-12H2,1-4H3,(H,28,33)(H,25,26,27,29,30). The van der Waals surface area contributed by atoms with Gasteiger partial charge < -0.3 is 15.1 Å². The molecular weight excluding hydrogens is 472 g/mol. The van der Waals surface area contributed by atoms with Crippen molar-refractivity contribution in [1.82, 2.24) is 24.8 Å². The Morgan fingerprint density at radius 2 is 1.94 bits per heavy atom. The predicted molar refractivity (Wildman–Crippen MR) is 138 cm³/mol. The van der Waals surface area contributed by atoms with Gasteiger partial charge in [-0.25, -0.2) is 4.98 Å². The molecule has 3 heterocycles. The summed E-state index contributed by atoms with van der Waals surface area (Å²) >= 11 is 7.47. The molecule has 0 radical (unpaired) electrons. The fourth-order valence-corrected chi connectivity index (χ4v) is 4.54. The number of para-hydroxylation sites is 1. The number of nitrogens with one attached hydrogen (secondary N) is 2. The van der Waals surface area contributed by atoms with Crippen LogP contribution in [0.25, 0.3) is 0 Å². The van der Waals surface area contributed by atoms with E-state index in [1.165, 1.54) is 17.5 Å². The van der Waals surface area contributed by atoms with E-state index in [0.29, 0.717) is 38.5 Å². The van der Waals surface area contributed by atoms with Gasteiger partial charge in [0, 0.05) is 32.6 Å². The predicted octanol–water partition coefficient (Wildman–Crippen LogP) is 4.24. The molecule has 0 spiro atoms. The van der Waals surface area contributed by atoms with Crippen LogP contribution < -0.4 is 15.5 Å². The summed E-state index contributed by atoms with van der Waals surface area (Å²) in [5.41, 5.74) is 1.49. The Balaban J connectivity index is 1.52. The lowest BCUT2D eigenvalue weighted by Gasteiger charge is -2.32. The molecular formula is C23H29ClN8OS. The number of piperazine rings is 1. The van der Waals surface area contributed by atoms with E-state index in [4.69, 9.17) is 16.6 Å². The highest BCUT2D eigenvalue weighted by atomic mass is 35.5. The van der Waals surface area contributed by atoms with Gasteiger partial charge in [0.2, 0.25) is 11.9 Å². The van der Waals surface area contributed by atoms with E-state index in [1.54, 1.807) is 6.07 Å². The van der Waals surface area contributed by atoms with Crippen molar-refractivity contribution in [3.63, 3.8) is 0 Å².